The molecule has 1 aliphatic rings. The molecule has 0 saturated heterocycles. The molecule has 1 aliphatic carbocycles. The maximum absolute atomic E-state index is 13.0. The molecule has 0 atom stereocenters. The summed E-state index contributed by atoms with van der Waals surface area (Å²) in [6, 6.07) is 9.58. The molecule has 2 aromatic rings. The molecule has 3 rings (SSSR count). The smallest absolute Gasteiger partial charge is 0.331 e. The van der Waals surface area contributed by atoms with Crippen LogP contribution in [0.2, 0.25) is 0 Å². The second-order valence-corrected chi connectivity index (χ2v) is 10.5. The molecule has 1 saturated carbocycles. The Labute approximate surface area is 217 Å². The lowest BCUT2D eigenvalue weighted by Crippen LogP contribution is -2.37. The topological polar surface area (TPSA) is 75.9 Å². The largest absolute Gasteiger partial charge is 0.425 e. The van der Waals surface area contributed by atoms with Crippen molar-refractivity contribution in [2.75, 3.05) is 0 Å². The molecule has 1 heterocycles. The molecule has 0 N–H and O–H groups in total. The Morgan fingerprint density at radius 2 is 1.56 bits per heavy atom. The summed E-state index contributed by atoms with van der Waals surface area (Å²) in [5, 5.41) is 9.88. The number of rotatable bonds is 14. The molecule has 1 fully saturated rings. The number of nitriles is 1. The average Bonchev–Trinajstić information content (AvgIpc) is 2.92. The van der Waals surface area contributed by atoms with Crippen molar-refractivity contribution in [2.24, 2.45) is 11.3 Å². The Balaban J connectivity index is 1.49. The normalized spacial score (nSPS) is 19.5. The molecule has 0 amide bonds. The van der Waals surface area contributed by atoms with Crippen molar-refractivity contribution in [3.8, 4) is 23.2 Å². The predicted octanol–water partition coefficient (Wildman–Crippen LogP) is 8.23. The van der Waals surface area contributed by atoms with Crippen LogP contribution in [0.1, 0.15) is 109 Å². The van der Waals surface area contributed by atoms with Crippen molar-refractivity contribution in [1.29, 1.82) is 5.26 Å². The lowest BCUT2D eigenvalue weighted by molar-refractivity contribution is -0.144. The SMILES string of the molecule is CCCCCCC[C@H]1CC[C@@](C#N)(C(=O)Oc2ccc(-c3ncc(CCCCCC)cn3)cc2)CC1. The van der Waals surface area contributed by atoms with E-state index in [4.69, 9.17) is 4.74 Å². The minimum atomic E-state index is -1.02. The average molecular weight is 490 g/mol. The first kappa shape index (κ1) is 27.8. The predicted molar refractivity (Wildman–Crippen MR) is 144 cm³/mol. The number of aromatic nitrogens is 2. The zero-order chi connectivity index (χ0) is 25.6. The highest BCUT2D eigenvalue weighted by Crippen LogP contribution is 2.41. The second kappa shape index (κ2) is 14.7. The van der Waals surface area contributed by atoms with Gasteiger partial charge in [-0.15, -0.1) is 0 Å². The van der Waals surface area contributed by atoms with E-state index in [1.165, 1.54) is 64.2 Å². The first-order valence-corrected chi connectivity index (χ1v) is 14.1. The number of carbonyl (C=O) groups excluding carboxylic acids is 1. The molecule has 5 nitrogen and oxygen atoms in total. The summed E-state index contributed by atoms with van der Waals surface area (Å²) < 4.78 is 5.68. The van der Waals surface area contributed by atoms with Gasteiger partial charge in [-0.3, -0.25) is 0 Å². The van der Waals surface area contributed by atoms with Crippen molar-refractivity contribution in [1.82, 2.24) is 9.97 Å². The highest BCUT2D eigenvalue weighted by Gasteiger charge is 2.43. The molecule has 194 valence electrons. The van der Waals surface area contributed by atoms with Crippen molar-refractivity contribution in [2.45, 2.75) is 110 Å². The summed E-state index contributed by atoms with van der Waals surface area (Å²) >= 11 is 0. The van der Waals surface area contributed by atoms with Gasteiger partial charge in [0, 0.05) is 18.0 Å². The van der Waals surface area contributed by atoms with Gasteiger partial charge in [-0.1, -0.05) is 71.6 Å². The van der Waals surface area contributed by atoms with Crippen molar-refractivity contribution >= 4 is 5.97 Å². The van der Waals surface area contributed by atoms with Gasteiger partial charge >= 0.3 is 5.97 Å². The lowest BCUT2D eigenvalue weighted by atomic mass is 9.70. The molecular weight excluding hydrogens is 446 g/mol. The number of hydrogen-bond acceptors (Lipinski definition) is 5. The van der Waals surface area contributed by atoms with Gasteiger partial charge in [-0.25, -0.2) is 14.8 Å². The fourth-order valence-corrected chi connectivity index (χ4v) is 5.12. The third-order valence-corrected chi connectivity index (χ3v) is 7.63. The van der Waals surface area contributed by atoms with Crippen LogP contribution in [0.25, 0.3) is 11.4 Å². The second-order valence-electron chi connectivity index (χ2n) is 10.5. The first-order chi connectivity index (χ1) is 17.6. The quantitative estimate of drug-likeness (QED) is 0.152. The van der Waals surface area contributed by atoms with Gasteiger partial charge in [-0.2, -0.15) is 5.26 Å². The van der Waals surface area contributed by atoms with Crippen LogP contribution in [0.3, 0.4) is 0 Å². The van der Waals surface area contributed by atoms with Gasteiger partial charge < -0.3 is 4.74 Å². The Kier molecular flexibility index (Phi) is 11.4. The summed E-state index contributed by atoms with van der Waals surface area (Å²) in [5.41, 5.74) is 1.02. The zero-order valence-electron chi connectivity index (χ0n) is 22.3. The van der Waals surface area contributed by atoms with Crippen LogP contribution in [-0.2, 0) is 11.2 Å². The van der Waals surface area contributed by atoms with E-state index in [9.17, 15) is 10.1 Å². The van der Waals surface area contributed by atoms with E-state index in [0.717, 1.165) is 30.4 Å². The Hall–Kier alpha value is -2.74. The van der Waals surface area contributed by atoms with Crippen LogP contribution in [-0.4, -0.2) is 15.9 Å². The summed E-state index contributed by atoms with van der Waals surface area (Å²) in [5.74, 6) is 1.33. The molecule has 0 bridgehead atoms. The Morgan fingerprint density at radius 1 is 0.944 bits per heavy atom. The van der Waals surface area contributed by atoms with Crippen LogP contribution < -0.4 is 4.74 Å². The molecule has 0 spiro atoms. The van der Waals surface area contributed by atoms with Gasteiger partial charge in [0.15, 0.2) is 11.2 Å². The highest BCUT2D eigenvalue weighted by molar-refractivity contribution is 5.82. The molecule has 0 aliphatic heterocycles. The van der Waals surface area contributed by atoms with Crippen LogP contribution in [0.4, 0.5) is 0 Å². The van der Waals surface area contributed by atoms with Crippen LogP contribution in [0, 0.1) is 22.7 Å². The molecule has 36 heavy (non-hydrogen) atoms. The molecule has 5 heteroatoms. The van der Waals surface area contributed by atoms with E-state index in [1.807, 2.05) is 24.5 Å². The van der Waals surface area contributed by atoms with Crippen molar-refractivity contribution in [3.05, 3.63) is 42.2 Å². The minimum Gasteiger partial charge on any atom is -0.425 e. The van der Waals surface area contributed by atoms with Crippen LogP contribution in [0.15, 0.2) is 36.7 Å². The molecule has 0 unspecified atom stereocenters. The third kappa shape index (κ3) is 8.15. The van der Waals surface area contributed by atoms with Gasteiger partial charge in [0.1, 0.15) is 5.75 Å². The minimum absolute atomic E-state index is 0.414. The van der Waals surface area contributed by atoms with Crippen molar-refractivity contribution in [3.63, 3.8) is 0 Å². The van der Waals surface area contributed by atoms with E-state index < -0.39 is 11.4 Å². The summed E-state index contributed by atoms with van der Waals surface area (Å²) in [6.45, 7) is 4.45. The summed E-state index contributed by atoms with van der Waals surface area (Å²) in [7, 11) is 0. The van der Waals surface area contributed by atoms with Gasteiger partial charge in [-0.05, 0) is 74.3 Å². The summed E-state index contributed by atoms with van der Waals surface area (Å²) in [4.78, 5) is 22.0. The van der Waals surface area contributed by atoms with E-state index in [1.54, 1.807) is 12.1 Å². The fourth-order valence-electron chi connectivity index (χ4n) is 5.12. The number of ether oxygens (including phenoxy) is 1. The highest BCUT2D eigenvalue weighted by atomic mass is 16.5. The maximum Gasteiger partial charge on any atom is 0.331 e. The lowest BCUT2D eigenvalue weighted by Gasteiger charge is -2.33. The summed E-state index contributed by atoms with van der Waals surface area (Å²) in [6.07, 6.45) is 20.4. The van der Waals surface area contributed by atoms with Crippen molar-refractivity contribution < 1.29 is 9.53 Å². The van der Waals surface area contributed by atoms with Crippen LogP contribution in [0.5, 0.6) is 5.75 Å². The van der Waals surface area contributed by atoms with E-state index in [0.29, 0.717) is 30.3 Å². The molecule has 0 radical (unpaired) electrons. The van der Waals surface area contributed by atoms with Gasteiger partial charge in [0.05, 0.1) is 6.07 Å². The Bertz CT molecular complexity index is 955. The first-order valence-electron chi connectivity index (χ1n) is 14.1. The van der Waals surface area contributed by atoms with E-state index >= 15 is 0 Å². The van der Waals surface area contributed by atoms with Gasteiger partial charge in [0.25, 0.3) is 0 Å². The van der Waals surface area contributed by atoms with Gasteiger partial charge in [0.2, 0.25) is 0 Å². The molecule has 1 aromatic heterocycles. The monoisotopic (exact) mass is 489 g/mol. The zero-order valence-corrected chi connectivity index (χ0v) is 22.3. The Morgan fingerprint density at radius 3 is 2.17 bits per heavy atom. The number of benzene rings is 1. The number of unbranched alkanes of at least 4 members (excludes halogenated alkanes) is 7. The number of esters is 1. The maximum atomic E-state index is 13.0. The fraction of sp³-hybridized carbons (Fsp3) is 0.613. The van der Waals surface area contributed by atoms with E-state index in [-0.39, 0.29) is 0 Å². The number of hydrogen-bond donors (Lipinski definition) is 0. The van der Waals surface area contributed by atoms with Crippen LogP contribution >= 0.6 is 0 Å². The number of nitrogens with zero attached hydrogens (tertiary/aromatic N) is 3. The molecule has 1 aromatic carbocycles. The standard InChI is InChI=1S/C31H43N3O2/c1-3-5-7-9-11-12-25-18-20-31(24-32,21-19-25)30(35)36-28-16-14-27(15-17-28)29-33-22-26(23-34-29)13-10-8-6-4-2/h14-17,22-23,25H,3-13,18-21H2,1-2H3/t25-,31+. The number of carbonyl (C=O) groups is 1. The third-order valence-electron chi connectivity index (χ3n) is 7.63. The number of aryl methyl sites for hydroxylation is 1. The van der Waals surface area contributed by atoms with E-state index in [2.05, 4.69) is 29.9 Å². The molecular formula is C31H43N3O2.